The first-order chi connectivity index (χ1) is 8.28. The molecule has 2 heterocycles. The van der Waals surface area contributed by atoms with Crippen molar-refractivity contribution in [3.63, 3.8) is 0 Å². The van der Waals surface area contributed by atoms with E-state index >= 15 is 0 Å². The first kappa shape index (κ1) is 10.8. The van der Waals surface area contributed by atoms with E-state index in [-0.39, 0.29) is 12.7 Å². The number of aromatic amines is 1. The minimum atomic E-state index is -0.587. The van der Waals surface area contributed by atoms with Crippen molar-refractivity contribution in [1.82, 2.24) is 4.98 Å². The molecule has 0 spiro atoms. The van der Waals surface area contributed by atoms with E-state index in [0.29, 0.717) is 6.42 Å². The molecule has 3 rings (SSSR count). The predicted octanol–water partition coefficient (Wildman–Crippen LogP) is 1.35. The Morgan fingerprint density at radius 3 is 2.88 bits per heavy atom. The van der Waals surface area contributed by atoms with Crippen LogP contribution in [0.25, 0.3) is 10.9 Å². The number of fused-ring (bicyclic) bond motifs is 1. The molecular weight excluding hydrogens is 218 g/mol. The SMILES string of the molecule is OC[C@H]1O[C@H](c2cc3ccccc3[nH]2)C[C@@H]1O. The van der Waals surface area contributed by atoms with Gasteiger partial charge in [-0.3, -0.25) is 0 Å². The maximum atomic E-state index is 9.70. The number of H-pyrrole nitrogens is 1. The molecule has 1 aromatic heterocycles. The van der Waals surface area contributed by atoms with Crippen LogP contribution in [-0.4, -0.2) is 34.0 Å². The summed E-state index contributed by atoms with van der Waals surface area (Å²) >= 11 is 0. The Balaban J connectivity index is 1.89. The number of ether oxygens (including phenoxy) is 1. The van der Waals surface area contributed by atoms with Crippen LogP contribution in [0, 0.1) is 0 Å². The van der Waals surface area contributed by atoms with Crippen molar-refractivity contribution in [1.29, 1.82) is 0 Å². The quantitative estimate of drug-likeness (QED) is 0.733. The lowest BCUT2D eigenvalue weighted by molar-refractivity contribution is -0.0234. The van der Waals surface area contributed by atoms with Gasteiger partial charge in [-0.1, -0.05) is 18.2 Å². The Hall–Kier alpha value is -1.36. The Morgan fingerprint density at radius 2 is 2.18 bits per heavy atom. The number of nitrogens with one attached hydrogen (secondary N) is 1. The molecule has 17 heavy (non-hydrogen) atoms. The third kappa shape index (κ3) is 1.84. The van der Waals surface area contributed by atoms with Gasteiger partial charge in [0.25, 0.3) is 0 Å². The molecule has 0 bridgehead atoms. The van der Waals surface area contributed by atoms with Crippen molar-refractivity contribution in [2.45, 2.75) is 24.7 Å². The molecule has 1 fully saturated rings. The standard InChI is InChI=1S/C13H15NO3/c15-7-13-11(16)6-12(17-13)10-5-8-3-1-2-4-9(8)14-10/h1-5,11-16H,6-7H2/t11-,12-,13+/m0/s1. The highest BCUT2D eigenvalue weighted by Crippen LogP contribution is 2.33. The third-order valence-corrected chi connectivity index (χ3v) is 3.30. The van der Waals surface area contributed by atoms with E-state index in [2.05, 4.69) is 4.98 Å². The molecule has 1 saturated heterocycles. The van der Waals surface area contributed by atoms with E-state index in [1.54, 1.807) is 0 Å². The van der Waals surface area contributed by atoms with Crippen LogP contribution in [0.4, 0.5) is 0 Å². The predicted molar refractivity (Wildman–Crippen MR) is 63.6 cm³/mol. The molecule has 0 aliphatic carbocycles. The van der Waals surface area contributed by atoms with Crippen LogP contribution in [0.1, 0.15) is 18.2 Å². The molecule has 1 aromatic carbocycles. The monoisotopic (exact) mass is 233 g/mol. The highest BCUT2D eigenvalue weighted by Gasteiger charge is 2.34. The highest BCUT2D eigenvalue weighted by molar-refractivity contribution is 5.80. The van der Waals surface area contributed by atoms with Gasteiger partial charge in [0.1, 0.15) is 12.2 Å². The van der Waals surface area contributed by atoms with Gasteiger partial charge >= 0.3 is 0 Å². The summed E-state index contributed by atoms with van der Waals surface area (Å²) in [6.45, 7) is -0.141. The summed E-state index contributed by atoms with van der Waals surface area (Å²) in [5.74, 6) is 0. The summed E-state index contributed by atoms with van der Waals surface area (Å²) in [6.07, 6.45) is -0.685. The van der Waals surface area contributed by atoms with Crippen molar-refractivity contribution in [3.8, 4) is 0 Å². The van der Waals surface area contributed by atoms with Gasteiger partial charge in [0.15, 0.2) is 0 Å². The van der Waals surface area contributed by atoms with Gasteiger partial charge in [-0.15, -0.1) is 0 Å². The van der Waals surface area contributed by atoms with Crippen LogP contribution >= 0.6 is 0 Å². The topological polar surface area (TPSA) is 65.5 Å². The summed E-state index contributed by atoms with van der Waals surface area (Å²) in [4.78, 5) is 3.28. The number of rotatable bonds is 2. The molecule has 0 unspecified atom stereocenters. The van der Waals surface area contributed by atoms with Crippen molar-refractivity contribution in [3.05, 3.63) is 36.0 Å². The maximum Gasteiger partial charge on any atom is 0.107 e. The number of aliphatic hydroxyl groups is 2. The zero-order valence-corrected chi connectivity index (χ0v) is 9.34. The van der Waals surface area contributed by atoms with Crippen LogP contribution in [0.2, 0.25) is 0 Å². The molecule has 1 aliphatic heterocycles. The number of benzene rings is 1. The Morgan fingerprint density at radius 1 is 1.35 bits per heavy atom. The summed E-state index contributed by atoms with van der Waals surface area (Å²) in [7, 11) is 0. The lowest BCUT2D eigenvalue weighted by Crippen LogP contribution is -2.24. The largest absolute Gasteiger partial charge is 0.394 e. The molecule has 3 N–H and O–H groups in total. The van der Waals surface area contributed by atoms with E-state index in [0.717, 1.165) is 16.6 Å². The molecule has 4 heteroatoms. The Bertz CT molecular complexity index is 489. The van der Waals surface area contributed by atoms with Crippen LogP contribution in [0.5, 0.6) is 0 Å². The molecule has 2 aromatic rings. The van der Waals surface area contributed by atoms with Crippen molar-refractivity contribution in [2.75, 3.05) is 6.61 Å². The fourth-order valence-corrected chi connectivity index (χ4v) is 2.36. The van der Waals surface area contributed by atoms with Gasteiger partial charge in [-0.25, -0.2) is 0 Å². The second-order valence-corrected chi connectivity index (χ2v) is 4.46. The van der Waals surface area contributed by atoms with Crippen LogP contribution in [-0.2, 0) is 4.74 Å². The first-order valence-corrected chi connectivity index (χ1v) is 5.80. The minimum absolute atomic E-state index is 0.141. The lowest BCUT2D eigenvalue weighted by Gasteiger charge is -2.10. The van der Waals surface area contributed by atoms with Gasteiger partial charge in [0, 0.05) is 17.6 Å². The van der Waals surface area contributed by atoms with Crippen molar-refractivity contribution >= 4 is 10.9 Å². The molecule has 1 aliphatic rings. The van der Waals surface area contributed by atoms with Gasteiger partial charge in [-0.2, -0.15) is 0 Å². The number of hydrogen-bond donors (Lipinski definition) is 3. The van der Waals surface area contributed by atoms with Crippen molar-refractivity contribution in [2.24, 2.45) is 0 Å². The minimum Gasteiger partial charge on any atom is -0.394 e. The van der Waals surface area contributed by atoms with Crippen LogP contribution in [0.3, 0.4) is 0 Å². The normalized spacial score (nSPS) is 28.9. The van der Waals surface area contributed by atoms with Crippen molar-refractivity contribution < 1.29 is 14.9 Å². The van der Waals surface area contributed by atoms with Gasteiger partial charge in [-0.05, 0) is 17.5 Å². The van der Waals surface area contributed by atoms with Crippen LogP contribution in [0.15, 0.2) is 30.3 Å². The maximum absolute atomic E-state index is 9.70. The molecule has 4 nitrogen and oxygen atoms in total. The molecular formula is C13H15NO3. The molecule has 0 amide bonds. The second kappa shape index (κ2) is 4.14. The van der Waals surface area contributed by atoms with E-state index in [1.165, 1.54) is 0 Å². The summed E-state index contributed by atoms with van der Waals surface area (Å²) in [5.41, 5.74) is 2.02. The fraction of sp³-hybridized carbons (Fsp3) is 0.385. The lowest BCUT2D eigenvalue weighted by atomic mass is 10.1. The highest BCUT2D eigenvalue weighted by atomic mass is 16.5. The average Bonchev–Trinajstić information content (AvgIpc) is 2.91. The first-order valence-electron chi connectivity index (χ1n) is 5.80. The Kier molecular flexibility index (Phi) is 2.63. The molecule has 3 atom stereocenters. The molecule has 0 radical (unpaired) electrons. The number of aliphatic hydroxyl groups excluding tert-OH is 2. The summed E-state index contributed by atoms with van der Waals surface area (Å²) in [6, 6.07) is 10.0. The Labute approximate surface area is 98.8 Å². The smallest absolute Gasteiger partial charge is 0.107 e. The van der Waals surface area contributed by atoms with Crippen LogP contribution < -0.4 is 0 Å². The third-order valence-electron chi connectivity index (χ3n) is 3.30. The fourth-order valence-electron chi connectivity index (χ4n) is 2.36. The zero-order valence-electron chi connectivity index (χ0n) is 9.34. The summed E-state index contributed by atoms with van der Waals surface area (Å²) in [5, 5.41) is 19.9. The van der Waals surface area contributed by atoms with Gasteiger partial charge < -0.3 is 19.9 Å². The van der Waals surface area contributed by atoms with Gasteiger partial charge in [0.2, 0.25) is 0 Å². The van der Waals surface area contributed by atoms with E-state index in [9.17, 15) is 5.11 Å². The number of hydrogen-bond acceptors (Lipinski definition) is 3. The van der Waals surface area contributed by atoms with E-state index in [1.807, 2.05) is 30.3 Å². The second-order valence-electron chi connectivity index (χ2n) is 4.46. The molecule has 0 saturated carbocycles. The number of para-hydroxylation sites is 1. The average molecular weight is 233 g/mol. The summed E-state index contributed by atoms with van der Waals surface area (Å²) < 4.78 is 5.61. The van der Waals surface area contributed by atoms with Gasteiger partial charge in [0.05, 0.1) is 12.7 Å². The van der Waals surface area contributed by atoms with E-state index in [4.69, 9.17) is 9.84 Å². The van der Waals surface area contributed by atoms with E-state index < -0.39 is 12.2 Å². The zero-order chi connectivity index (χ0) is 11.8. The number of aromatic nitrogens is 1. The molecule has 90 valence electrons.